The van der Waals surface area contributed by atoms with E-state index in [2.05, 4.69) is 42.4 Å². The number of ether oxygens (including phenoxy) is 2. The largest absolute Gasteiger partial charge is 0.494 e. The molecule has 164 valence electrons. The van der Waals surface area contributed by atoms with Gasteiger partial charge in [-0.2, -0.15) is 5.10 Å². The summed E-state index contributed by atoms with van der Waals surface area (Å²) in [5.41, 5.74) is 3.85. The molecule has 0 aliphatic carbocycles. The average Bonchev–Trinajstić information content (AvgIpc) is 2.80. The van der Waals surface area contributed by atoms with E-state index in [1.807, 2.05) is 6.92 Å². The predicted octanol–water partition coefficient (Wildman–Crippen LogP) is 5.98. The molecule has 8 heteroatoms. The minimum absolute atomic E-state index is 0.311. The van der Waals surface area contributed by atoms with Gasteiger partial charge in [0.05, 0.1) is 18.4 Å². The molecule has 0 saturated heterocycles. The highest BCUT2D eigenvalue weighted by molar-refractivity contribution is 9.10. The van der Waals surface area contributed by atoms with Gasteiger partial charge >= 0.3 is 5.97 Å². The molecule has 0 atom stereocenters. The molecule has 32 heavy (non-hydrogen) atoms. The molecule has 0 aliphatic heterocycles. The van der Waals surface area contributed by atoms with E-state index in [1.54, 1.807) is 66.7 Å². The van der Waals surface area contributed by atoms with Gasteiger partial charge in [0.15, 0.2) is 0 Å². The number of carbonyl (C=O) groups is 2. The molecule has 3 rings (SSSR count). The standard InChI is InChI=1S/C24H20Br2N2O4/c1-2-13-31-21-10-5-17(6-11-21)24(30)32-22-12-9-20(26)14-18(22)15-27-28-23(29)16-3-7-19(25)8-4-16/h3-12,14-15H,2,13H2,1H3,(H,28,29). The fraction of sp³-hybridized carbons (Fsp3) is 0.125. The Kier molecular flexibility index (Phi) is 8.58. The second-order valence-corrected chi connectivity index (χ2v) is 8.48. The first-order valence-electron chi connectivity index (χ1n) is 9.80. The summed E-state index contributed by atoms with van der Waals surface area (Å²) in [5.74, 6) is 0.142. The third kappa shape index (κ3) is 6.77. The van der Waals surface area contributed by atoms with E-state index >= 15 is 0 Å². The molecule has 1 amide bonds. The van der Waals surface area contributed by atoms with E-state index in [-0.39, 0.29) is 5.91 Å². The number of nitrogens with one attached hydrogen (secondary N) is 1. The molecule has 0 saturated carbocycles. The third-order valence-electron chi connectivity index (χ3n) is 4.21. The van der Waals surface area contributed by atoms with E-state index < -0.39 is 5.97 Å². The maximum absolute atomic E-state index is 12.6. The van der Waals surface area contributed by atoms with Gasteiger partial charge in [0.1, 0.15) is 11.5 Å². The molecule has 0 radical (unpaired) electrons. The van der Waals surface area contributed by atoms with Crippen LogP contribution in [0.25, 0.3) is 0 Å². The first kappa shape index (κ1) is 23.7. The Morgan fingerprint density at radius 1 is 0.938 bits per heavy atom. The number of hydrogen-bond donors (Lipinski definition) is 1. The number of benzene rings is 3. The molecule has 3 aromatic rings. The normalized spacial score (nSPS) is 10.7. The number of hydrazone groups is 1. The van der Waals surface area contributed by atoms with Gasteiger partial charge in [-0.05, 0) is 73.2 Å². The summed E-state index contributed by atoms with van der Waals surface area (Å²) in [4.78, 5) is 24.8. The maximum Gasteiger partial charge on any atom is 0.343 e. The van der Waals surface area contributed by atoms with Crippen LogP contribution in [-0.2, 0) is 0 Å². The Bertz CT molecular complexity index is 1110. The van der Waals surface area contributed by atoms with E-state index in [0.29, 0.717) is 34.8 Å². The van der Waals surface area contributed by atoms with Gasteiger partial charge in [-0.1, -0.05) is 38.8 Å². The van der Waals surface area contributed by atoms with Crippen molar-refractivity contribution in [3.05, 3.63) is 92.4 Å². The highest BCUT2D eigenvalue weighted by Gasteiger charge is 2.12. The molecule has 0 spiro atoms. The first-order valence-corrected chi connectivity index (χ1v) is 11.4. The van der Waals surface area contributed by atoms with Crippen molar-refractivity contribution < 1.29 is 19.1 Å². The summed E-state index contributed by atoms with van der Waals surface area (Å²) >= 11 is 6.72. The van der Waals surface area contributed by atoms with Crippen molar-refractivity contribution in [3.8, 4) is 11.5 Å². The molecular weight excluding hydrogens is 540 g/mol. The fourth-order valence-corrected chi connectivity index (χ4v) is 3.25. The lowest BCUT2D eigenvalue weighted by atomic mass is 10.2. The zero-order chi connectivity index (χ0) is 22.9. The van der Waals surface area contributed by atoms with Gasteiger partial charge in [-0.15, -0.1) is 0 Å². The van der Waals surface area contributed by atoms with E-state index in [0.717, 1.165) is 15.4 Å². The number of hydrogen-bond acceptors (Lipinski definition) is 5. The summed E-state index contributed by atoms with van der Waals surface area (Å²) in [7, 11) is 0. The monoisotopic (exact) mass is 558 g/mol. The molecule has 6 nitrogen and oxygen atoms in total. The summed E-state index contributed by atoms with van der Waals surface area (Å²) in [5, 5.41) is 4.00. The highest BCUT2D eigenvalue weighted by Crippen LogP contribution is 2.23. The predicted molar refractivity (Wildman–Crippen MR) is 131 cm³/mol. The molecule has 0 heterocycles. The van der Waals surface area contributed by atoms with Crippen LogP contribution >= 0.6 is 31.9 Å². The van der Waals surface area contributed by atoms with E-state index in [4.69, 9.17) is 9.47 Å². The molecule has 0 fully saturated rings. The zero-order valence-corrected chi connectivity index (χ0v) is 20.4. The highest BCUT2D eigenvalue weighted by atomic mass is 79.9. The quantitative estimate of drug-likeness (QED) is 0.159. The Morgan fingerprint density at radius 3 is 2.28 bits per heavy atom. The molecule has 0 unspecified atom stereocenters. The van der Waals surface area contributed by atoms with Gasteiger partial charge in [-0.3, -0.25) is 4.79 Å². The molecule has 0 aromatic heterocycles. The van der Waals surface area contributed by atoms with Crippen molar-refractivity contribution in [3.63, 3.8) is 0 Å². The van der Waals surface area contributed by atoms with Crippen LogP contribution in [0.4, 0.5) is 0 Å². The van der Waals surface area contributed by atoms with Crippen LogP contribution < -0.4 is 14.9 Å². The number of halogens is 2. The van der Waals surface area contributed by atoms with Crippen molar-refractivity contribution in [1.82, 2.24) is 5.43 Å². The van der Waals surface area contributed by atoms with Crippen LogP contribution in [0.2, 0.25) is 0 Å². The summed E-state index contributed by atoms with van der Waals surface area (Å²) in [6, 6.07) is 18.8. The Labute approximate surface area is 202 Å². The number of nitrogens with zero attached hydrogens (tertiary/aromatic N) is 1. The molecular formula is C24H20Br2N2O4. The fourth-order valence-electron chi connectivity index (χ4n) is 2.61. The minimum Gasteiger partial charge on any atom is -0.494 e. The van der Waals surface area contributed by atoms with Crippen LogP contribution in [0.5, 0.6) is 11.5 Å². The van der Waals surface area contributed by atoms with Crippen LogP contribution in [0.15, 0.2) is 80.8 Å². The third-order valence-corrected chi connectivity index (χ3v) is 5.24. The van der Waals surface area contributed by atoms with Crippen molar-refractivity contribution in [1.29, 1.82) is 0 Å². The second kappa shape index (κ2) is 11.6. The average molecular weight is 560 g/mol. The Morgan fingerprint density at radius 2 is 1.59 bits per heavy atom. The first-order chi connectivity index (χ1) is 15.5. The lowest BCUT2D eigenvalue weighted by Crippen LogP contribution is -2.17. The Balaban J connectivity index is 1.69. The summed E-state index contributed by atoms with van der Waals surface area (Å²) in [6.07, 6.45) is 2.33. The van der Waals surface area contributed by atoms with Gasteiger partial charge in [0.25, 0.3) is 5.91 Å². The smallest absolute Gasteiger partial charge is 0.343 e. The summed E-state index contributed by atoms with van der Waals surface area (Å²) < 4.78 is 12.7. The second-order valence-electron chi connectivity index (χ2n) is 6.65. The van der Waals surface area contributed by atoms with Gasteiger partial charge < -0.3 is 9.47 Å². The van der Waals surface area contributed by atoms with Crippen LogP contribution in [-0.4, -0.2) is 24.7 Å². The minimum atomic E-state index is -0.511. The van der Waals surface area contributed by atoms with E-state index in [1.165, 1.54) is 6.21 Å². The van der Waals surface area contributed by atoms with Crippen molar-refractivity contribution in [2.24, 2.45) is 5.10 Å². The van der Waals surface area contributed by atoms with Crippen LogP contribution in [0, 0.1) is 0 Å². The molecule has 3 aromatic carbocycles. The topological polar surface area (TPSA) is 77.0 Å². The molecule has 1 N–H and O–H groups in total. The lowest BCUT2D eigenvalue weighted by Gasteiger charge is -2.09. The lowest BCUT2D eigenvalue weighted by molar-refractivity contribution is 0.0734. The Hall–Kier alpha value is -2.97. The van der Waals surface area contributed by atoms with Gasteiger partial charge in [-0.25, -0.2) is 10.2 Å². The van der Waals surface area contributed by atoms with Gasteiger partial charge in [0, 0.05) is 20.1 Å². The SMILES string of the molecule is CCCOc1ccc(C(=O)Oc2ccc(Br)cc2C=NNC(=O)c2ccc(Br)cc2)cc1. The molecule has 0 aliphatic rings. The van der Waals surface area contributed by atoms with Crippen molar-refractivity contribution in [2.45, 2.75) is 13.3 Å². The van der Waals surface area contributed by atoms with Gasteiger partial charge in [0.2, 0.25) is 0 Å². The summed E-state index contributed by atoms with van der Waals surface area (Å²) in [6.45, 7) is 2.64. The maximum atomic E-state index is 12.6. The van der Waals surface area contributed by atoms with Crippen LogP contribution in [0.1, 0.15) is 39.6 Å². The van der Waals surface area contributed by atoms with Crippen LogP contribution in [0.3, 0.4) is 0 Å². The van der Waals surface area contributed by atoms with Crippen molar-refractivity contribution in [2.75, 3.05) is 6.61 Å². The number of rotatable bonds is 8. The molecule has 0 bridgehead atoms. The van der Waals surface area contributed by atoms with Crippen molar-refractivity contribution >= 4 is 50.0 Å². The number of esters is 1. The number of carbonyl (C=O) groups excluding carboxylic acids is 2. The zero-order valence-electron chi connectivity index (χ0n) is 17.2. The van der Waals surface area contributed by atoms with E-state index in [9.17, 15) is 9.59 Å². The number of amides is 1.